The molecule has 1 fully saturated rings. The maximum absolute atomic E-state index is 12.2. The third-order valence-electron chi connectivity index (χ3n) is 7.17. The van der Waals surface area contributed by atoms with Crippen LogP contribution >= 0.6 is 0 Å². The monoisotopic (exact) mass is 484 g/mol. The van der Waals surface area contributed by atoms with Gasteiger partial charge in [-0.25, -0.2) is 4.79 Å². The SMILES string of the molecule is Cc1cc(-c2ccc(C3CCC(C)CC3)cc2)ccc1-c1ccc(O[C@@H](C)C(=O)OC(C)(C)C)cc1. The van der Waals surface area contributed by atoms with E-state index in [9.17, 15) is 4.79 Å². The van der Waals surface area contributed by atoms with Gasteiger partial charge in [-0.15, -0.1) is 0 Å². The normalized spacial score (nSPS) is 18.9. The van der Waals surface area contributed by atoms with Crippen molar-refractivity contribution in [3.8, 4) is 28.0 Å². The van der Waals surface area contributed by atoms with Gasteiger partial charge in [0.25, 0.3) is 0 Å². The molecule has 1 aliphatic carbocycles. The molecule has 1 saturated carbocycles. The average Bonchev–Trinajstić information content (AvgIpc) is 2.84. The fourth-order valence-electron chi connectivity index (χ4n) is 5.06. The Morgan fingerprint density at radius 3 is 2.00 bits per heavy atom. The van der Waals surface area contributed by atoms with Crippen LogP contribution in [0.2, 0.25) is 0 Å². The van der Waals surface area contributed by atoms with E-state index in [1.165, 1.54) is 53.5 Å². The van der Waals surface area contributed by atoms with Crippen molar-refractivity contribution in [1.82, 2.24) is 0 Å². The molecule has 4 rings (SSSR count). The van der Waals surface area contributed by atoms with Gasteiger partial charge in [-0.3, -0.25) is 0 Å². The number of hydrogen-bond acceptors (Lipinski definition) is 3. The van der Waals surface area contributed by atoms with Gasteiger partial charge in [-0.1, -0.05) is 74.4 Å². The quantitative estimate of drug-likeness (QED) is 0.328. The van der Waals surface area contributed by atoms with E-state index in [1.54, 1.807) is 6.92 Å². The van der Waals surface area contributed by atoms with E-state index < -0.39 is 11.7 Å². The molecule has 0 radical (unpaired) electrons. The Balaban J connectivity index is 1.42. The Morgan fingerprint density at radius 1 is 0.833 bits per heavy atom. The number of carbonyl (C=O) groups is 1. The molecule has 0 saturated heterocycles. The zero-order valence-electron chi connectivity index (χ0n) is 22.6. The lowest BCUT2D eigenvalue weighted by atomic mass is 9.79. The third-order valence-corrected chi connectivity index (χ3v) is 7.17. The molecule has 0 heterocycles. The average molecular weight is 485 g/mol. The fraction of sp³-hybridized carbons (Fsp3) is 0.424. The highest BCUT2D eigenvalue weighted by Gasteiger charge is 2.23. The van der Waals surface area contributed by atoms with Crippen molar-refractivity contribution in [2.45, 2.75) is 84.8 Å². The molecule has 3 aromatic rings. The van der Waals surface area contributed by atoms with E-state index in [1.807, 2.05) is 45.0 Å². The highest BCUT2D eigenvalue weighted by molar-refractivity contribution is 5.76. The molecular formula is C33H40O3. The summed E-state index contributed by atoms with van der Waals surface area (Å²) in [6.07, 6.45) is 4.67. The van der Waals surface area contributed by atoms with Gasteiger partial charge < -0.3 is 9.47 Å². The van der Waals surface area contributed by atoms with Crippen LogP contribution in [0.1, 0.15) is 77.3 Å². The molecule has 0 spiro atoms. The zero-order valence-corrected chi connectivity index (χ0v) is 22.6. The minimum Gasteiger partial charge on any atom is -0.479 e. The van der Waals surface area contributed by atoms with Crippen molar-refractivity contribution in [3.05, 3.63) is 77.9 Å². The second-order valence-electron chi connectivity index (χ2n) is 11.4. The second kappa shape index (κ2) is 10.9. The lowest BCUT2D eigenvalue weighted by molar-refractivity contribution is -0.162. The molecule has 36 heavy (non-hydrogen) atoms. The maximum Gasteiger partial charge on any atom is 0.347 e. The number of hydrogen-bond donors (Lipinski definition) is 0. The van der Waals surface area contributed by atoms with Crippen LogP contribution in [0, 0.1) is 12.8 Å². The molecule has 0 aromatic heterocycles. The first-order valence-corrected chi connectivity index (χ1v) is 13.3. The minimum atomic E-state index is -0.663. The first-order chi connectivity index (χ1) is 17.1. The number of carbonyl (C=O) groups excluding carboxylic acids is 1. The number of ether oxygens (including phenoxy) is 2. The molecular weight excluding hydrogens is 444 g/mol. The molecule has 0 amide bonds. The summed E-state index contributed by atoms with van der Waals surface area (Å²) >= 11 is 0. The fourth-order valence-corrected chi connectivity index (χ4v) is 5.06. The highest BCUT2D eigenvalue weighted by atomic mass is 16.6. The first-order valence-electron chi connectivity index (χ1n) is 13.3. The minimum absolute atomic E-state index is 0.362. The molecule has 3 nitrogen and oxygen atoms in total. The largest absolute Gasteiger partial charge is 0.479 e. The van der Waals surface area contributed by atoms with Crippen molar-refractivity contribution < 1.29 is 14.3 Å². The first kappa shape index (κ1) is 26.0. The molecule has 3 heteroatoms. The van der Waals surface area contributed by atoms with Crippen LogP contribution in [0.3, 0.4) is 0 Å². The third kappa shape index (κ3) is 6.57. The van der Waals surface area contributed by atoms with Gasteiger partial charge in [0.2, 0.25) is 0 Å². The van der Waals surface area contributed by atoms with Gasteiger partial charge in [0, 0.05) is 0 Å². The maximum atomic E-state index is 12.2. The summed E-state index contributed by atoms with van der Waals surface area (Å²) in [7, 11) is 0. The lowest BCUT2D eigenvalue weighted by Crippen LogP contribution is -2.33. The van der Waals surface area contributed by atoms with Crippen LogP contribution in [0.5, 0.6) is 5.75 Å². The molecule has 190 valence electrons. The smallest absolute Gasteiger partial charge is 0.347 e. The van der Waals surface area contributed by atoms with E-state index >= 15 is 0 Å². The van der Waals surface area contributed by atoms with Gasteiger partial charge in [0.15, 0.2) is 6.10 Å². The van der Waals surface area contributed by atoms with Crippen LogP contribution in [0.4, 0.5) is 0 Å². The van der Waals surface area contributed by atoms with Crippen molar-refractivity contribution >= 4 is 5.97 Å². The molecule has 3 aromatic carbocycles. The number of esters is 1. The molecule has 1 aliphatic rings. The molecule has 1 atom stereocenters. The van der Waals surface area contributed by atoms with E-state index in [2.05, 4.69) is 56.3 Å². The van der Waals surface area contributed by atoms with Gasteiger partial charge in [0.1, 0.15) is 11.4 Å². The summed E-state index contributed by atoms with van der Waals surface area (Å²) in [5.74, 6) is 1.89. The summed E-state index contributed by atoms with van der Waals surface area (Å²) in [6, 6.07) is 23.8. The topological polar surface area (TPSA) is 35.5 Å². The molecule has 0 N–H and O–H groups in total. The van der Waals surface area contributed by atoms with E-state index in [4.69, 9.17) is 9.47 Å². The van der Waals surface area contributed by atoms with Crippen LogP contribution in [0.15, 0.2) is 66.7 Å². The number of rotatable bonds is 6. The van der Waals surface area contributed by atoms with Crippen molar-refractivity contribution in [2.24, 2.45) is 5.92 Å². The Hall–Kier alpha value is -3.07. The lowest BCUT2D eigenvalue weighted by Gasteiger charge is -2.26. The number of aryl methyl sites for hydroxylation is 1. The molecule has 0 bridgehead atoms. The summed E-state index contributed by atoms with van der Waals surface area (Å²) in [6.45, 7) is 11.8. The van der Waals surface area contributed by atoms with E-state index in [-0.39, 0.29) is 5.97 Å². The van der Waals surface area contributed by atoms with Crippen LogP contribution in [-0.2, 0) is 9.53 Å². The summed E-state index contributed by atoms with van der Waals surface area (Å²) in [4.78, 5) is 12.2. The van der Waals surface area contributed by atoms with Crippen LogP contribution in [-0.4, -0.2) is 17.7 Å². The van der Waals surface area contributed by atoms with Gasteiger partial charge in [-0.2, -0.15) is 0 Å². The van der Waals surface area contributed by atoms with Crippen LogP contribution in [0.25, 0.3) is 22.3 Å². The summed E-state index contributed by atoms with van der Waals surface area (Å²) < 4.78 is 11.2. The Labute approximate surface area is 216 Å². The van der Waals surface area contributed by atoms with E-state index in [0.717, 1.165) is 17.4 Å². The van der Waals surface area contributed by atoms with E-state index in [0.29, 0.717) is 5.75 Å². The predicted octanol–water partition coefficient (Wildman–Crippen LogP) is 8.73. The van der Waals surface area contributed by atoms with Gasteiger partial charge >= 0.3 is 5.97 Å². The standard InChI is InChI=1S/C33H40O3/c1-22-7-9-25(10-8-22)26-11-13-27(14-12-26)29-17-20-31(23(2)21-29)28-15-18-30(19-16-28)35-24(3)32(34)36-33(4,5)6/h11-22,24-25H,7-10H2,1-6H3/t22?,24-,25?/m0/s1. The zero-order chi connectivity index (χ0) is 25.9. The highest BCUT2D eigenvalue weighted by Crippen LogP contribution is 2.36. The number of benzene rings is 3. The van der Waals surface area contributed by atoms with Crippen molar-refractivity contribution in [1.29, 1.82) is 0 Å². The predicted molar refractivity (Wildman–Crippen MR) is 148 cm³/mol. The summed E-state index contributed by atoms with van der Waals surface area (Å²) in [5, 5.41) is 0. The second-order valence-corrected chi connectivity index (χ2v) is 11.4. The molecule has 0 aliphatic heterocycles. The Morgan fingerprint density at radius 2 is 1.42 bits per heavy atom. The van der Waals surface area contributed by atoms with Gasteiger partial charge in [0.05, 0.1) is 0 Å². The Bertz CT molecular complexity index is 1160. The van der Waals surface area contributed by atoms with Crippen molar-refractivity contribution in [3.63, 3.8) is 0 Å². The van der Waals surface area contributed by atoms with Gasteiger partial charge in [-0.05, 0) is 105 Å². The Kier molecular flexibility index (Phi) is 7.88. The van der Waals surface area contributed by atoms with Crippen molar-refractivity contribution in [2.75, 3.05) is 0 Å². The van der Waals surface area contributed by atoms with Crippen LogP contribution < -0.4 is 4.74 Å². The summed E-state index contributed by atoms with van der Waals surface area (Å²) in [5.41, 5.74) is 7.01. The molecule has 0 unspecified atom stereocenters.